The number of hydrogen-bond acceptors (Lipinski definition) is 4. The summed E-state index contributed by atoms with van der Waals surface area (Å²) in [6.07, 6.45) is 0. The second-order valence-electron chi connectivity index (χ2n) is 3.47. The number of nitrogens with two attached hydrogens (primary N) is 1. The molecule has 1 aromatic heterocycles. The normalized spacial score (nSPS) is 10.4. The van der Waals surface area contributed by atoms with E-state index in [1.807, 2.05) is 0 Å². The van der Waals surface area contributed by atoms with Crippen molar-refractivity contribution in [3.63, 3.8) is 0 Å². The van der Waals surface area contributed by atoms with Gasteiger partial charge in [-0.15, -0.1) is 0 Å². The molecule has 94 valence electrons. The molecule has 2 aromatic rings. The van der Waals surface area contributed by atoms with E-state index in [2.05, 4.69) is 25.9 Å². The fourth-order valence-corrected chi connectivity index (χ4v) is 1.90. The van der Waals surface area contributed by atoms with Crippen molar-refractivity contribution in [2.24, 2.45) is 0 Å². The summed E-state index contributed by atoms with van der Waals surface area (Å²) in [5.74, 6) is 0.149. The van der Waals surface area contributed by atoms with Gasteiger partial charge in [-0.2, -0.15) is 4.98 Å². The lowest BCUT2D eigenvalue weighted by atomic mass is 10.3. The molecular formula is C11H8BrClFN3O. The molecule has 0 amide bonds. The van der Waals surface area contributed by atoms with Crippen LogP contribution in [0.1, 0.15) is 5.69 Å². The third-order valence-electron chi connectivity index (χ3n) is 2.17. The Morgan fingerprint density at radius 2 is 2.11 bits per heavy atom. The number of ether oxygens (including phenoxy) is 1. The SMILES string of the molecule is Cc1nc(Cl)nc(Oc2ccc(F)cc2Br)c1N. The monoisotopic (exact) mass is 331 g/mol. The molecule has 7 heteroatoms. The van der Waals surface area contributed by atoms with Gasteiger partial charge in [0.1, 0.15) is 17.3 Å². The van der Waals surface area contributed by atoms with Gasteiger partial charge >= 0.3 is 0 Å². The van der Waals surface area contributed by atoms with Crippen molar-refractivity contribution in [2.75, 3.05) is 5.73 Å². The topological polar surface area (TPSA) is 61.0 Å². The largest absolute Gasteiger partial charge is 0.436 e. The van der Waals surface area contributed by atoms with Crippen molar-refractivity contribution in [2.45, 2.75) is 6.92 Å². The highest BCUT2D eigenvalue weighted by Gasteiger charge is 2.12. The molecule has 0 radical (unpaired) electrons. The molecule has 0 saturated heterocycles. The Bertz CT molecular complexity index is 609. The number of aromatic nitrogens is 2. The van der Waals surface area contributed by atoms with Gasteiger partial charge in [0.2, 0.25) is 11.2 Å². The molecule has 4 nitrogen and oxygen atoms in total. The van der Waals surface area contributed by atoms with Crippen LogP contribution in [0.25, 0.3) is 0 Å². The van der Waals surface area contributed by atoms with Crippen molar-refractivity contribution in [3.8, 4) is 11.6 Å². The summed E-state index contributed by atoms with van der Waals surface area (Å²) < 4.78 is 18.9. The Labute approximate surface area is 116 Å². The standard InChI is InChI=1S/C11H8BrClFN3O/c1-5-9(15)10(17-11(13)16-5)18-8-3-2-6(14)4-7(8)12/h2-4H,15H2,1H3. The highest BCUT2D eigenvalue weighted by Crippen LogP contribution is 2.33. The molecule has 0 bridgehead atoms. The average Bonchev–Trinajstić information content (AvgIpc) is 2.29. The number of aryl methyl sites for hydroxylation is 1. The van der Waals surface area contributed by atoms with Crippen LogP contribution >= 0.6 is 27.5 Å². The summed E-state index contributed by atoms with van der Waals surface area (Å²) in [6.45, 7) is 1.69. The van der Waals surface area contributed by atoms with E-state index in [1.165, 1.54) is 18.2 Å². The maximum absolute atomic E-state index is 12.9. The summed E-state index contributed by atoms with van der Waals surface area (Å²) in [7, 11) is 0. The summed E-state index contributed by atoms with van der Waals surface area (Å²) in [5.41, 5.74) is 6.59. The number of nitrogen functional groups attached to an aromatic ring is 1. The van der Waals surface area contributed by atoms with Crippen LogP contribution in [0.2, 0.25) is 5.28 Å². The molecule has 0 atom stereocenters. The van der Waals surface area contributed by atoms with Crippen LogP contribution in [-0.2, 0) is 0 Å². The fraction of sp³-hybridized carbons (Fsp3) is 0.0909. The number of nitrogens with zero attached hydrogens (tertiary/aromatic N) is 2. The van der Waals surface area contributed by atoms with Crippen molar-refractivity contribution >= 4 is 33.2 Å². The van der Waals surface area contributed by atoms with Crippen LogP contribution in [0.15, 0.2) is 22.7 Å². The molecule has 0 unspecified atom stereocenters. The molecule has 1 heterocycles. The van der Waals surface area contributed by atoms with E-state index in [9.17, 15) is 4.39 Å². The smallest absolute Gasteiger partial charge is 0.247 e. The maximum atomic E-state index is 12.9. The minimum Gasteiger partial charge on any atom is -0.436 e. The quantitative estimate of drug-likeness (QED) is 0.852. The maximum Gasteiger partial charge on any atom is 0.247 e. The van der Waals surface area contributed by atoms with E-state index in [1.54, 1.807) is 6.92 Å². The van der Waals surface area contributed by atoms with Crippen molar-refractivity contribution in [3.05, 3.63) is 39.5 Å². The molecule has 0 spiro atoms. The van der Waals surface area contributed by atoms with Crippen molar-refractivity contribution in [1.82, 2.24) is 9.97 Å². The van der Waals surface area contributed by atoms with Gasteiger partial charge in [-0.1, -0.05) is 0 Å². The molecule has 0 saturated carbocycles. The highest BCUT2D eigenvalue weighted by atomic mass is 79.9. The molecular weight excluding hydrogens is 324 g/mol. The lowest BCUT2D eigenvalue weighted by Crippen LogP contribution is -2.01. The van der Waals surface area contributed by atoms with E-state index in [-0.39, 0.29) is 22.7 Å². The average molecular weight is 333 g/mol. The minimum atomic E-state index is -0.376. The Morgan fingerprint density at radius 3 is 2.78 bits per heavy atom. The predicted octanol–water partition coefficient (Wildman–Crippen LogP) is 3.71. The van der Waals surface area contributed by atoms with Crippen LogP contribution in [0.4, 0.5) is 10.1 Å². The third kappa shape index (κ3) is 2.70. The second kappa shape index (κ2) is 5.07. The Balaban J connectivity index is 2.40. The van der Waals surface area contributed by atoms with E-state index < -0.39 is 0 Å². The van der Waals surface area contributed by atoms with Crippen LogP contribution in [-0.4, -0.2) is 9.97 Å². The first-order valence-corrected chi connectivity index (χ1v) is 6.07. The summed E-state index contributed by atoms with van der Waals surface area (Å²) >= 11 is 8.91. The van der Waals surface area contributed by atoms with Gasteiger partial charge in [-0.05, 0) is 52.7 Å². The lowest BCUT2D eigenvalue weighted by molar-refractivity contribution is 0.459. The number of halogens is 3. The molecule has 2 N–H and O–H groups in total. The first kappa shape index (κ1) is 13.0. The van der Waals surface area contributed by atoms with E-state index in [0.717, 1.165) is 0 Å². The lowest BCUT2D eigenvalue weighted by Gasteiger charge is -2.10. The van der Waals surface area contributed by atoms with Crippen molar-refractivity contribution < 1.29 is 9.13 Å². The number of hydrogen-bond donors (Lipinski definition) is 1. The van der Waals surface area contributed by atoms with Gasteiger partial charge in [0.15, 0.2) is 0 Å². The van der Waals surface area contributed by atoms with E-state index in [4.69, 9.17) is 22.1 Å². The minimum absolute atomic E-state index is 0.0370. The highest BCUT2D eigenvalue weighted by molar-refractivity contribution is 9.10. The van der Waals surface area contributed by atoms with Gasteiger partial charge in [-0.3, -0.25) is 0 Å². The molecule has 0 fully saturated rings. The van der Waals surface area contributed by atoms with Crippen LogP contribution in [0.5, 0.6) is 11.6 Å². The molecule has 0 aliphatic carbocycles. The Kier molecular flexibility index (Phi) is 3.68. The molecule has 0 aliphatic rings. The zero-order valence-corrected chi connectivity index (χ0v) is 11.6. The number of anilines is 1. The van der Waals surface area contributed by atoms with Gasteiger partial charge in [0.25, 0.3) is 0 Å². The Morgan fingerprint density at radius 1 is 1.39 bits per heavy atom. The second-order valence-corrected chi connectivity index (χ2v) is 4.67. The molecule has 2 rings (SSSR count). The number of rotatable bonds is 2. The van der Waals surface area contributed by atoms with E-state index >= 15 is 0 Å². The molecule has 1 aromatic carbocycles. The van der Waals surface area contributed by atoms with Crippen LogP contribution in [0, 0.1) is 12.7 Å². The zero-order chi connectivity index (χ0) is 13.3. The summed E-state index contributed by atoms with van der Waals surface area (Å²) in [4.78, 5) is 7.77. The van der Waals surface area contributed by atoms with E-state index in [0.29, 0.717) is 15.9 Å². The van der Waals surface area contributed by atoms with Gasteiger partial charge in [0.05, 0.1) is 10.2 Å². The first-order chi connectivity index (χ1) is 8.47. The van der Waals surface area contributed by atoms with Crippen LogP contribution < -0.4 is 10.5 Å². The van der Waals surface area contributed by atoms with Crippen molar-refractivity contribution in [1.29, 1.82) is 0 Å². The van der Waals surface area contributed by atoms with Gasteiger partial charge in [0, 0.05) is 0 Å². The summed E-state index contributed by atoms with van der Waals surface area (Å²) in [5, 5.41) is 0.0370. The number of benzene rings is 1. The van der Waals surface area contributed by atoms with Crippen LogP contribution in [0.3, 0.4) is 0 Å². The molecule has 0 aliphatic heterocycles. The fourth-order valence-electron chi connectivity index (χ4n) is 1.26. The predicted molar refractivity (Wildman–Crippen MR) is 70.4 cm³/mol. The van der Waals surface area contributed by atoms with Gasteiger partial charge in [-0.25, -0.2) is 9.37 Å². The third-order valence-corrected chi connectivity index (χ3v) is 2.96. The van der Waals surface area contributed by atoms with Gasteiger partial charge < -0.3 is 10.5 Å². The zero-order valence-electron chi connectivity index (χ0n) is 9.25. The molecule has 18 heavy (non-hydrogen) atoms. The Hall–Kier alpha value is -1.40. The first-order valence-electron chi connectivity index (χ1n) is 4.90. The summed E-state index contributed by atoms with van der Waals surface area (Å²) in [6, 6.07) is 4.01.